The van der Waals surface area contributed by atoms with E-state index >= 15 is 0 Å². The van der Waals surface area contributed by atoms with Gasteiger partial charge in [0.25, 0.3) is 0 Å². The van der Waals surface area contributed by atoms with Crippen LogP contribution in [0.2, 0.25) is 0 Å². The zero-order chi connectivity index (χ0) is 15.3. The molecule has 0 radical (unpaired) electrons. The van der Waals surface area contributed by atoms with Gasteiger partial charge in [-0.25, -0.2) is 0 Å². The first-order valence-electron chi connectivity index (χ1n) is 5.92. The maximum absolute atomic E-state index is 12.8. The highest BCUT2D eigenvalue weighted by molar-refractivity contribution is 5.53. The van der Waals surface area contributed by atoms with E-state index in [0.717, 1.165) is 12.1 Å². The Bertz CT molecular complexity index is 495. The van der Waals surface area contributed by atoms with Crippen LogP contribution in [0.3, 0.4) is 0 Å². The first-order chi connectivity index (χ1) is 9.24. The van der Waals surface area contributed by atoms with Crippen molar-refractivity contribution in [2.75, 3.05) is 32.5 Å². The Morgan fingerprint density at radius 2 is 2.05 bits per heavy atom. The van der Waals surface area contributed by atoms with E-state index in [9.17, 15) is 18.3 Å². The van der Waals surface area contributed by atoms with E-state index in [1.807, 2.05) is 0 Å². The van der Waals surface area contributed by atoms with Crippen molar-refractivity contribution in [3.8, 4) is 6.07 Å². The number of benzene rings is 1. The van der Waals surface area contributed by atoms with Crippen molar-refractivity contribution in [3.05, 3.63) is 29.3 Å². The molecule has 1 unspecified atom stereocenters. The molecule has 0 aliphatic heterocycles. The number of aliphatic hydroxyl groups is 1. The standard InChI is InChI=1S/C13H16F3N3O/c1-19(2)8-11(20)7-18-10-4-3-9(6-17)12(5-10)13(14,15)16/h3-5,11,18,20H,7-8H2,1-2H3. The largest absolute Gasteiger partial charge is 0.417 e. The number of anilines is 1. The van der Waals surface area contributed by atoms with Gasteiger partial charge in [-0.2, -0.15) is 18.4 Å². The van der Waals surface area contributed by atoms with Crippen LogP contribution in [-0.4, -0.2) is 43.3 Å². The van der Waals surface area contributed by atoms with Gasteiger partial charge in [-0.1, -0.05) is 0 Å². The molecule has 0 bridgehead atoms. The minimum absolute atomic E-state index is 0.126. The molecule has 0 aromatic heterocycles. The number of hydrogen-bond acceptors (Lipinski definition) is 4. The van der Waals surface area contributed by atoms with Crippen molar-refractivity contribution in [2.45, 2.75) is 12.3 Å². The van der Waals surface area contributed by atoms with Gasteiger partial charge < -0.3 is 15.3 Å². The lowest BCUT2D eigenvalue weighted by molar-refractivity contribution is -0.137. The molecule has 20 heavy (non-hydrogen) atoms. The zero-order valence-electron chi connectivity index (χ0n) is 11.2. The summed E-state index contributed by atoms with van der Waals surface area (Å²) < 4.78 is 38.3. The molecule has 0 aliphatic rings. The molecule has 0 aliphatic carbocycles. The van der Waals surface area contributed by atoms with Gasteiger partial charge in [0.2, 0.25) is 0 Å². The third-order valence-electron chi connectivity index (χ3n) is 2.56. The molecule has 4 nitrogen and oxygen atoms in total. The average molecular weight is 287 g/mol. The van der Waals surface area contributed by atoms with Crippen LogP contribution in [0.15, 0.2) is 18.2 Å². The molecule has 7 heteroatoms. The zero-order valence-corrected chi connectivity index (χ0v) is 11.2. The number of alkyl halides is 3. The second kappa shape index (κ2) is 6.59. The Morgan fingerprint density at radius 1 is 1.40 bits per heavy atom. The highest BCUT2D eigenvalue weighted by Gasteiger charge is 2.33. The second-order valence-corrected chi connectivity index (χ2v) is 4.67. The molecule has 0 saturated carbocycles. The van der Waals surface area contributed by atoms with Crippen molar-refractivity contribution in [3.63, 3.8) is 0 Å². The summed E-state index contributed by atoms with van der Waals surface area (Å²) in [5, 5.41) is 21.0. The normalized spacial score (nSPS) is 13.1. The number of hydrogen-bond donors (Lipinski definition) is 2. The number of nitriles is 1. The van der Waals surface area contributed by atoms with E-state index in [4.69, 9.17) is 5.26 Å². The molecular weight excluding hydrogens is 271 g/mol. The van der Waals surface area contributed by atoms with Gasteiger partial charge in [-0.15, -0.1) is 0 Å². The van der Waals surface area contributed by atoms with Gasteiger partial charge in [0.1, 0.15) is 0 Å². The summed E-state index contributed by atoms with van der Waals surface area (Å²) in [5.74, 6) is 0. The number of nitrogens with one attached hydrogen (secondary N) is 1. The maximum atomic E-state index is 12.8. The Hall–Kier alpha value is -1.78. The minimum atomic E-state index is -4.58. The number of aliphatic hydroxyl groups excluding tert-OH is 1. The van der Waals surface area contributed by atoms with E-state index in [-0.39, 0.29) is 12.2 Å². The molecule has 110 valence electrons. The lowest BCUT2D eigenvalue weighted by Crippen LogP contribution is -2.31. The van der Waals surface area contributed by atoms with E-state index < -0.39 is 23.4 Å². The van der Waals surface area contributed by atoms with Crippen LogP contribution in [-0.2, 0) is 6.18 Å². The van der Waals surface area contributed by atoms with E-state index in [2.05, 4.69) is 5.32 Å². The molecule has 0 fully saturated rings. The summed E-state index contributed by atoms with van der Waals surface area (Å²) in [5.41, 5.74) is -1.18. The summed E-state index contributed by atoms with van der Waals surface area (Å²) >= 11 is 0. The lowest BCUT2D eigenvalue weighted by Gasteiger charge is -2.18. The first kappa shape index (κ1) is 16.3. The van der Waals surface area contributed by atoms with E-state index in [1.54, 1.807) is 19.0 Å². The Labute approximate surface area is 115 Å². The van der Waals surface area contributed by atoms with Crippen LogP contribution in [0.25, 0.3) is 0 Å². The van der Waals surface area contributed by atoms with Gasteiger partial charge in [0.05, 0.1) is 23.3 Å². The van der Waals surface area contributed by atoms with Crippen molar-refractivity contribution in [1.82, 2.24) is 4.90 Å². The third kappa shape index (κ3) is 4.72. The van der Waals surface area contributed by atoms with Crippen LogP contribution in [0, 0.1) is 11.3 Å². The highest BCUT2D eigenvalue weighted by Crippen LogP contribution is 2.33. The van der Waals surface area contributed by atoms with Gasteiger partial charge in [-0.3, -0.25) is 0 Å². The minimum Gasteiger partial charge on any atom is -0.390 e. The smallest absolute Gasteiger partial charge is 0.390 e. The Morgan fingerprint density at radius 3 is 2.55 bits per heavy atom. The summed E-state index contributed by atoms with van der Waals surface area (Å²) in [6.45, 7) is 0.525. The average Bonchev–Trinajstić information content (AvgIpc) is 2.34. The molecule has 0 saturated heterocycles. The number of likely N-dealkylation sites (N-methyl/N-ethyl adjacent to an activating group) is 1. The summed E-state index contributed by atoms with van der Waals surface area (Å²) in [6, 6.07) is 4.89. The molecule has 1 rings (SSSR count). The van der Waals surface area contributed by atoms with Gasteiger partial charge in [0.15, 0.2) is 0 Å². The molecule has 1 aromatic rings. The fourth-order valence-corrected chi connectivity index (χ4v) is 1.71. The Kier molecular flexibility index (Phi) is 5.36. The summed E-state index contributed by atoms with van der Waals surface area (Å²) in [7, 11) is 3.57. The van der Waals surface area contributed by atoms with E-state index in [1.165, 1.54) is 12.1 Å². The lowest BCUT2D eigenvalue weighted by atomic mass is 10.1. The maximum Gasteiger partial charge on any atom is 0.417 e. The van der Waals surface area contributed by atoms with Gasteiger partial charge in [0, 0.05) is 18.8 Å². The van der Waals surface area contributed by atoms with Gasteiger partial charge >= 0.3 is 6.18 Å². The third-order valence-corrected chi connectivity index (χ3v) is 2.56. The predicted molar refractivity (Wildman–Crippen MR) is 69.2 cm³/mol. The predicted octanol–water partition coefficient (Wildman–Crippen LogP) is 1.91. The van der Waals surface area contributed by atoms with Gasteiger partial charge in [-0.05, 0) is 32.3 Å². The van der Waals surface area contributed by atoms with Crippen molar-refractivity contribution in [1.29, 1.82) is 5.26 Å². The van der Waals surface area contributed by atoms with E-state index in [0.29, 0.717) is 6.54 Å². The quantitative estimate of drug-likeness (QED) is 0.868. The van der Waals surface area contributed by atoms with Crippen LogP contribution in [0.4, 0.5) is 18.9 Å². The summed E-state index contributed by atoms with van der Waals surface area (Å²) in [4.78, 5) is 1.77. The van der Waals surface area contributed by atoms with Crippen LogP contribution in [0.1, 0.15) is 11.1 Å². The SMILES string of the molecule is CN(C)CC(O)CNc1ccc(C#N)c(C(F)(F)F)c1. The highest BCUT2D eigenvalue weighted by atomic mass is 19.4. The summed E-state index contributed by atoms with van der Waals surface area (Å²) in [6.07, 6.45) is -5.28. The Balaban J connectivity index is 2.81. The molecule has 0 spiro atoms. The fraction of sp³-hybridized carbons (Fsp3) is 0.462. The fourth-order valence-electron chi connectivity index (χ4n) is 1.71. The second-order valence-electron chi connectivity index (χ2n) is 4.67. The van der Waals surface area contributed by atoms with Crippen LogP contribution >= 0.6 is 0 Å². The molecule has 1 aromatic carbocycles. The molecule has 0 heterocycles. The topological polar surface area (TPSA) is 59.3 Å². The number of rotatable bonds is 5. The first-order valence-corrected chi connectivity index (χ1v) is 5.92. The monoisotopic (exact) mass is 287 g/mol. The van der Waals surface area contributed by atoms with Crippen LogP contribution < -0.4 is 5.32 Å². The molecule has 0 amide bonds. The van der Waals surface area contributed by atoms with Crippen LogP contribution in [0.5, 0.6) is 0 Å². The molecular formula is C13H16F3N3O. The van der Waals surface area contributed by atoms with Crippen molar-refractivity contribution in [2.24, 2.45) is 0 Å². The molecule has 2 N–H and O–H groups in total. The number of nitrogens with zero attached hydrogens (tertiary/aromatic N) is 2. The number of halogens is 3. The van der Waals surface area contributed by atoms with Crippen molar-refractivity contribution < 1.29 is 18.3 Å². The van der Waals surface area contributed by atoms with Crippen molar-refractivity contribution >= 4 is 5.69 Å². The molecule has 1 atom stereocenters.